The summed E-state index contributed by atoms with van der Waals surface area (Å²) in [6.07, 6.45) is 4.49. The van der Waals surface area contributed by atoms with Crippen LogP contribution in [0.1, 0.15) is 40.5 Å². The molecule has 2 aromatic heterocycles. The van der Waals surface area contributed by atoms with Gasteiger partial charge in [0.1, 0.15) is 4.83 Å². The fourth-order valence-corrected chi connectivity index (χ4v) is 8.88. The van der Waals surface area contributed by atoms with Crippen molar-refractivity contribution < 1.29 is 0 Å². The van der Waals surface area contributed by atoms with Crippen molar-refractivity contribution >= 4 is 45.1 Å². The topological polar surface area (TPSA) is 34.9 Å². The van der Waals surface area contributed by atoms with Crippen LogP contribution in [0.25, 0.3) is 10.2 Å². The summed E-state index contributed by atoms with van der Waals surface area (Å²) in [4.78, 5) is 21.5. The number of nitrogens with zero attached hydrogens (tertiary/aromatic N) is 2. The first kappa shape index (κ1) is 20.6. The minimum atomic E-state index is -0.0328. The first-order valence-electron chi connectivity index (χ1n) is 11.2. The molecule has 1 aliphatic carbocycles. The van der Waals surface area contributed by atoms with Crippen LogP contribution in [0.5, 0.6) is 0 Å². The Morgan fingerprint density at radius 2 is 1.81 bits per heavy atom. The summed E-state index contributed by atoms with van der Waals surface area (Å²) in [5.41, 5.74) is 3.81. The van der Waals surface area contributed by atoms with Crippen LogP contribution in [0, 0.1) is 6.92 Å². The number of thiophene rings is 1. The van der Waals surface area contributed by atoms with Crippen molar-refractivity contribution in [1.82, 2.24) is 9.55 Å². The summed E-state index contributed by atoms with van der Waals surface area (Å²) in [6.45, 7) is 2.13. The van der Waals surface area contributed by atoms with Crippen molar-refractivity contribution in [2.45, 2.75) is 54.0 Å². The first-order valence-corrected chi connectivity index (χ1v) is 13.8. The molecule has 1 aliphatic heterocycles. The Bertz CT molecular complexity index is 1340. The number of aryl methyl sites for hydroxylation is 3. The second-order valence-corrected chi connectivity index (χ2v) is 12.0. The second-order valence-electron chi connectivity index (χ2n) is 8.60. The second kappa shape index (κ2) is 8.40. The van der Waals surface area contributed by atoms with Gasteiger partial charge in [-0.3, -0.25) is 4.79 Å². The number of rotatable bonds is 3. The predicted octanol–water partition coefficient (Wildman–Crippen LogP) is 6.50. The first-order chi connectivity index (χ1) is 15.7. The van der Waals surface area contributed by atoms with Crippen molar-refractivity contribution in [2.24, 2.45) is 0 Å². The third kappa shape index (κ3) is 3.53. The highest BCUT2D eigenvalue weighted by Gasteiger charge is 2.35. The van der Waals surface area contributed by atoms with E-state index in [-0.39, 0.29) is 11.6 Å². The van der Waals surface area contributed by atoms with Crippen molar-refractivity contribution in [2.75, 3.05) is 5.75 Å². The zero-order chi connectivity index (χ0) is 21.7. The largest absolute Gasteiger partial charge is 0.303 e. The molecule has 0 radical (unpaired) electrons. The molecular weight excluding hydrogens is 453 g/mol. The molecule has 4 aromatic rings. The smallest absolute Gasteiger partial charge is 0.282 e. The van der Waals surface area contributed by atoms with E-state index in [4.69, 9.17) is 0 Å². The van der Waals surface area contributed by atoms with E-state index in [2.05, 4.69) is 71.1 Å². The van der Waals surface area contributed by atoms with Crippen LogP contribution in [0.4, 0.5) is 0 Å². The minimum Gasteiger partial charge on any atom is -0.303 e. The third-order valence-electron chi connectivity index (χ3n) is 6.45. The summed E-state index contributed by atoms with van der Waals surface area (Å²) in [6, 6.07) is 19.8. The zero-order valence-corrected chi connectivity index (χ0v) is 20.4. The summed E-state index contributed by atoms with van der Waals surface area (Å²) >= 11 is 5.51. The molecular formula is C26H24N2OS3. The summed E-state index contributed by atoms with van der Waals surface area (Å²) < 4.78 is 2.40. The third-order valence-corrected chi connectivity index (χ3v) is 10.3. The van der Waals surface area contributed by atoms with Crippen LogP contribution in [0.15, 0.2) is 69.4 Å². The average molecular weight is 477 g/mol. The van der Waals surface area contributed by atoms with E-state index in [1.807, 2.05) is 23.1 Å². The molecule has 2 atom stereocenters. The van der Waals surface area contributed by atoms with Crippen LogP contribution < -0.4 is 5.56 Å². The van der Waals surface area contributed by atoms with Gasteiger partial charge >= 0.3 is 0 Å². The molecule has 3 heterocycles. The van der Waals surface area contributed by atoms with E-state index in [0.717, 1.165) is 34.0 Å². The maximum atomic E-state index is 13.1. The van der Waals surface area contributed by atoms with Gasteiger partial charge in [-0.2, -0.15) is 4.98 Å². The lowest BCUT2D eigenvalue weighted by Crippen LogP contribution is -2.32. The molecule has 3 nitrogen and oxygen atoms in total. The number of fused-ring (bicyclic) bond motifs is 5. The molecule has 0 saturated heterocycles. The number of hydrogen-bond donors (Lipinski definition) is 0. The van der Waals surface area contributed by atoms with E-state index in [1.54, 1.807) is 11.8 Å². The number of hydrogen-bond acceptors (Lipinski definition) is 5. The minimum absolute atomic E-state index is 0.0328. The average Bonchev–Trinajstić information content (AvgIpc) is 3.22. The van der Waals surface area contributed by atoms with Gasteiger partial charge in [0.25, 0.3) is 5.56 Å². The highest BCUT2D eigenvalue weighted by atomic mass is 32.2. The zero-order valence-electron chi connectivity index (χ0n) is 17.9. The van der Waals surface area contributed by atoms with Gasteiger partial charge < -0.3 is 4.57 Å². The molecule has 0 bridgehead atoms. The fourth-order valence-electron chi connectivity index (χ4n) is 4.89. The predicted molar refractivity (Wildman–Crippen MR) is 137 cm³/mol. The van der Waals surface area contributed by atoms with Crippen LogP contribution in [-0.4, -0.2) is 20.6 Å². The van der Waals surface area contributed by atoms with Gasteiger partial charge in [0, 0.05) is 20.8 Å². The summed E-state index contributed by atoms with van der Waals surface area (Å²) in [5, 5.41) is 2.11. The Hall–Kier alpha value is -2.02. The van der Waals surface area contributed by atoms with E-state index in [1.165, 1.54) is 39.3 Å². The van der Waals surface area contributed by atoms with Gasteiger partial charge in [0.15, 0.2) is 5.16 Å². The molecule has 6 rings (SSSR count). The Morgan fingerprint density at radius 3 is 2.62 bits per heavy atom. The standard InChI is InChI=1S/C26H24N2OS3/c1-16-11-13-18(14-12-16)31-21-15-30-26-27-24(29)22-19-9-5-6-10-20(19)32-25(22)28(26)23(21)17-7-3-2-4-8-17/h2-4,7-8,11-14,21,23H,5-6,9-10,15H2,1H3/t21-,23-/m1/s1. The van der Waals surface area contributed by atoms with Gasteiger partial charge in [-0.15, -0.1) is 23.1 Å². The highest BCUT2D eigenvalue weighted by Crippen LogP contribution is 2.46. The van der Waals surface area contributed by atoms with Gasteiger partial charge in [-0.25, -0.2) is 0 Å². The van der Waals surface area contributed by atoms with Crippen LogP contribution in [0.3, 0.4) is 0 Å². The Morgan fingerprint density at radius 1 is 1.03 bits per heavy atom. The van der Waals surface area contributed by atoms with Gasteiger partial charge in [0.05, 0.1) is 11.4 Å². The van der Waals surface area contributed by atoms with Crippen molar-refractivity contribution in [3.63, 3.8) is 0 Å². The van der Waals surface area contributed by atoms with Crippen molar-refractivity contribution in [3.05, 3.63) is 86.5 Å². The Labute approximate surface area is 200 Å². The molecule has 2 aromatic carbocycles. The molecule has 6 heteroatoms. The molecule has 162 valence electrons. The van der Waals surface area contributed by atoms with E-state index < -0.39 is 0 Å². The Kier molecular flexibility index (Phi) is 5.40. The van der Waals surface area contributed by atoms with Crippen molar-refractivity contribution in [1.29, 1.82) is 0 Å². The maximum absolute atomic E-state index is 13.1. The summed E-state index contributed by atoms with van der Waals surface area (Å²) in [5.74, 6) is 0.932. The lowest BCUT2D eigenvalue weighted by molar-refractivity contribution is 0.526. The van der Waals surface area contributed by atoms with Gasteiger partial charge in [0.2, 0.25) is 0 Å². The summed E-state index contributed by atoms with van der Waals surface area (Å²) in [7, 11) is 0. The number of benzene rings is 2. The SMILES string of the molecule is Cc1ccc(S[C@@H]2CSc3nc(=O)c4c5c(sc4n3[C@@H]2c2ccccc2)CCCC5)cc1. The van der Waals surface area contributed by atoms with Crippen LogP contribution in [0.2, 0.25) is 0 Å². The molecule has 0 spiro atoms. The fraction of sp³-hybridized carbons (Fsp3) is 0.308. The van der Waals surface area contributed by atoms with Crippen molar-refractivity contribution in [3.8, 4) is 0 Å². The lowest BCUT2D eigenvalue weighted by Gasteiger charge is -2.35. The van der Waals surface area contributed by atoms with E-state index >= 15 is 0 Å². The molecule has 32 heavy (non-hydrogen) atoms. The molecule has 0 amide bonds. The maximum Gasteiger partial charge on any atom is 0.282 e. The lowest BCUT2D eigenvalue weighted by atomic mass is 9.97. The highest BCUT2D eigenvalue weighted by molar-refractivity contribution is 8.03. The Balaban J connectivity index is 1.54. The molecule has 0 unspecified atom stereocenters. The molecule has 0 saturated carbocycles. The van der Waals surface area contributed by atoms with E-state index in [0.29, 0.717) is 5.25 Å². The van der Waals surface area contributed by atoms with Gasteiger partial charge in [-0.05, 0) is 55.9 Å². The quantitative estimate of drug-likeness (QED) is 0.316. The van der Waals surface area contributed by atoms with Crippen LogP contribution >= 0.6 is 34.9 Å². The number of aromatic nitrogens is 2. The molecule has 0 fully saturated rings. The van der Waals surface area contributed by atoms with Crippen LogP contribution in [-0.2, 0) is 12.8 Å². The monoisotopic (exact) mass is 476 g/mol. The molecule has 2 aliphatic rings. The van der Waals surface area contributed by atoms with E-state index in [9.17, 15) is 4.79 Å². The normalized spacial score (nSPS) is 20.2. The number of thioether (sulfide) groups is 2. The molecule has 0 N–H and O–H groups in total. The van der Waals surface area contributed by atoms with Gasteiger partial charge in [-0.1, -0.05) is 59.8 Å².